The van der Waals surface area contributed by atoms with Gasteiger partial charge in [0.05, 0.1) is 5.52 Å². The molecule has 0 saturated heterocycles. The average Bonchev–Trinajstić information content (AvgIpc) is 2.93. The first-order valence-electron chi connectivity index (χ1n) is 7.02. The van der Waals surface area contributed by atoms with E-state index in [9.17, 15) is 4.39 Å². The zero-order chi connectivity index (χ0) is 15.7. The Bertz CT molecular complexity index is 807. The Labute approximate surface area is 132 Å². The average molecular weight is 316 g/mol. The number of hydrogen-bond donors (Lipinski definition) is 1. The van der Waals surface area contributed by atoms with Crippen LogP contribution in [0.3, 0.4) is 0 Å². The Hall–Kier alpha value is -1.95. The molecule has 3 rings (SSSR count). The van der Waals surface area contributed by atoms with Gasteiger partial charge in [-0.25, -0.2) is 9.37 Å². The first-order valence-corrected chi connectivity index (χ1v) is 8.01. The molecule has 0 aliphatic carbocycles. The molecule has 22 heavy (non-hydrogen) atoms. The van der Waals surface area contributed by atoms with Crippen molar-refractivity contribution < 1.29 is 4.39 Å². The van der Waals surface area contributed by atoms with Gasteiger partial charge in [0.15, 0.2) is 0 Å². The van der Waals surface area contributed by atoms with E-state index in [2.05, 4.69) is 40.9 Å². The Morgan fingerprint density at radius 1 is 1.27 bits per heavy atom. The predicted molar refractivity (Wildman–Crippen MR) is 86.3 cm³/mol. The molecular weight excluding hydrogens is 299 g/mol. The summed E-state index contributed by atoms with van der Waals surface area (Å²) in [6.45, 7) is 6.23. The SMILES string of the molecule is CC(C)(C)c1nc(SCc2cc(F)cc3cccnc23)n[nH]1. The van der Waals surface area contributed by atoms with E-state index in [1.54, 1.807) is 6.20 Å². The Kier molecular flexibility index (Phi) is 3.87. The molecule has 114 valence electrons. The van der Waals surface area contributed by atoms with Crippen LogP contribution in [0, 0.1) is 5.82 Å². The smallest absolute Gasteiger partial charge is 0.208 e. The van der Waals surface area contributed by atoms with Gasteiger partial charge in [-0.2, -0.15) is 0 Å². The maximum atomic E-state index is 13.7. The maximum Gasteiger partial charge on any atom is 0.208 e. The third-order valence-corrected chi connectivity index (χ3v) is 4.18. The topological polar surface area (TPSA) is 54.5 Å². The summed E-state index contributed by atoms with van der Waals surface area (Å²) in [5.41, 5.74) is 1.60. The molecule has 1 N–H and O–H groups in total. The second-order valence-corrected chi connectivity index (χ2v) is 7.09. The number of aromatic nitrogens is 4. The van der Waals surface area contributed by atoms with Gasteiger partial charge in [0.2, 0.25) is 5.16 Å². The number of aromatic amines is 1. The number of thioether (sulfide) groups is 1. The largest absolute Gasteiger partial charge is 0.262 e. The summed E-state index contributed by atoms with van der Waals surface area (Å²) in [5, 5.41) is 8.65. The van der Waals surface area contributed by atoms with E-state index >= 15 is 0 Å². The van der Waals surface area contributed by atoms with Crippen molar-refractivity contribution in [3.8, 4) is 0 Å². The van der Waals surface area contributed by atoms with Crippen LogP contribution < -0.4 is 0 Å². The number of pyridine rings is 1. The maximum absolute atomic E-state index is 13.7. The molecule has 2 aromatic heterocycles. The molecule has 4 nitrogen and oxygen atoms in total. The standard InChI is InChI=1S/C16H17FN4S/c1-16(2,3)14-19-15(21-20-14)22-9-11-8-12(17)7-10-5-4-6-18-13(10)11/h4-8H,9H2,1-3H3,(H,19,20,21). The molecule has 2 heterocycles. The zero-order valence-electron chi connectivity index (χ0n) is 12.7. The third kappa shape index (κ3) is 3.11. The van der Waals surface area contributed by atoms with Crippen LogP contribution in [-0.2, 0) is 11.2 Å². The fourth-order valence-electron chi connectivity index (χ4n) is 2.13. The number of nitrogens with zero attached hydrogens (tertiary/aromatic N) is 3. The molecule has 1 aromatic carbocycles. The first kappa shape index (κ1) is 15.0. The lowest BCUT2D eigenvalue weighted by molar-refractivity contribution is 0.547. The summed E-state index contributed by atoms with van der Waals surface area (Å²) in [7, 11) is 0. The molecule has 0 aliphatic rings. The fourth-order valence-corrected chi connectivity index (χ4v) is 2.90. The van der Waals surface area contributed by atoms with Crippen molar-refractivity contribution in [3.05, 3.63) is 47.7 Å². The highest BCUT2D eigenvalue weighted by Gasteiger charge is 2.19. The quantitative estimate of drug-likeness (QED) is 0.740. The molecule has 6 heteroatoms. The Morgan fingerprint density at radius 3 is 2.82 bits per heavy atom. The van der Waals surface area contributed by atoms with E-state index in [0.717, 1.165) is 22.3 Å². The second-order valence-electron chi connectivity index (χ2n) is 6.15. The number of H-pyrrole nitrogens is 1. The lowest BCUT2D eigenvalue weighted by atomic mass is 9.96. The summed E-state index contributed by atoms with van der Waals surface area (Å²) in [6, 6.07) is 6.70. The van der Waals surface area contributed by atoms with Gasteiger partial charge in [0.1, 0.15) is 11.6 Å². The Balaban J connectivity index is 1.84. The van der Waals surface area contributed by atoms with Crippen molar-refractivity contribution in [2.45, 2.75) is 37.1 Å². The molecule has 0 fully saturated rings. The molecule has 0 aliphatic heterocycles. The number of fused-ring (bicyclic) bond motifs is 1. The molecule has 0 atom stereocenters. The van der Waals surface area contributed by atoms with E-state index < -0.39 is 0 Å². The highest BCUT2D eigenvalue weighted by atomic mass is 32.2. The number of rotatable bonds is 3. The van der Waals surface area contributed by atoms with Gasteiger partial charge in [-0.05, 0) is 23.8 Å². The van der Waals surface area contributed by atoms with Crippen LogP contribution in [-0.4, -0.2) is 20.2 Å². The van der Waals surface area contributed by atoms with Crippen LogP contribution in [0.25, 0.3) is 10.9 Å². The van der Waals surface area contributed by atoms with Crippen LogP contribution in [0.5, 0.6) is 0 Å². The van der Waals surface area contributed by atoms with Crippen LogP contribution in [0.1, 0.15) is 32.2 Å². The predicted octanol–water partition coefficient (Wildman–Crippen LogP) is 4.08. The summed E-state index contributed by atoms with van der Waals surface area (Å²) in [4.78, 5) is 8.83. The number of nitrogens with one attached hydrogen (secondary N) is 1. The van der Waals surface area contributed by atoms with Crippen LogP contribution in [0.15, 0.2) is 35.6 Å². The van der Waals surface area contributed by atoms with Crippen molar-refractivity contribution in [3.63, 3.8) is 0 Å². The molecule has 0 saturated carbocycles. The highest BCUT2D eigenvalue weighted by Crippen LogP contribution is 2.27. The number of benzene rings is 1. The van der Waals surface area contributed by atoms with E-state index in [1.165, 1.54) is 23.9 Å². The normalized spacial score (nSPS) is 12.0. The van der Waals surface area contributed by atoms with Crippen molar-refractivity contribution in [1.82, 2.24) is 20.2 Å². The van der Waals surface area contributed by atoms with Crippen molar-refractivity contribution in [2.24, 2.45) is 0 Å². The Morgan fingerprint density at radius 2 is 2.09 bits per heavy atom. The van der Waals surface area contributed by atoms with Gasteiger partial charge >= 0.3 is 0 Å². The third-order valence-electron chi connectivity index (χ3n) is 3.28. The van der Waals surface area contributed by atoms with Gasteiger partial charge < -0.3 is 0 Å². The molecule has 0 radical (unpaired) electrons. The van der Waals surface area contributed by atoms with Crippen molar-refractivity contribution in [2.75, 3.05) is 0 Å². The minimum absolute atomic E-state index is 0.0705. The van der Waals surface area contributed by atoms with Gasteiger partial charge in [-0.1, -0.05) is 38.6 Å². The van der Waals surface area contributed by atoms with E-state index in [-0.39, 0.29) is 11.2 Å². The van der Waals surface area contributed by atoms with Gasteiger partial charge in [-0.3, -0.25) is 10.1 Å². The molecule has 0 spiro atoms. The molecule has 0 unspecified atom stereocenters. The number of halogens is 1. The fraction of sp³-hybridized carbons (Fsp3) is 0.312. The van der Waals surface area contributed by atoms with Crippen molar-refractivity contribution >= 4 is 22.7 Å². The van der Waals surface area contributed by atoms with E-state index in [4.69, 9.17) is 0 Å². The van der Waals surface area contributed by atoms with Crippen LogP contribution >= 0.6 is 11.8 Å². The summed E-state index contributed by atoms with van der Waals surface area (Å²) < 4.78 is 13.7. The van der Waals surface area contributed by atoms with Gasteiger partial charge in [0.25, 0.3) is 0 Å². The van der Waals surface area contributed by atoms with Crippen LogP contribution in [0.2, 0.25) is 0 Å². The zero-order valence-corrected chi connectivity index (χ0v) is 13.5. The molecule has 3 aromatic rings. The van der Waals surface area contributed by atoms with Crippen LogP contribution in [0.4, 0.5) is 4.39 Å². The van der Waals surface area contributed by atoms with E-state index in [1.807, 2.05) is 12.1 Å². The molecular formula is C16H17FN4S. The number of hydrogen-bond acceptors (Lipinski definition) is 4. The molecule has 0 bridgehead atoms. The minimum Gasteiger partial charge on any atom is -0.262 e. The summed E-state index contributed by atoms with van der Waals surface area (Å²) >= 11 is 1.47. The first-order chi connectivity index (χ1) is 10.4. The molecule has 0 amide bonds. The highest BCUT2D eigenvalue weighted by molar-refractivity contribution is 7.98. The second kappa shape index (κ2) is 5.68. The van der Waals surface area contributed by atoms with Crippen molar-refractivity contribution in [1.29, 1.82) is 0 Å². The van der Waals surface area contributed by atoms with Gasteiger partial charge in [-0.15, -0.1) is 5.10 Å². The van der Waals surface area contributed by atoms with E-state index in [0.29, 0.717) is 10.9 Å². The lowest BCUT2D eigenvalue weighted by Gasteiger charge is -2.12. The minimum atomic E-state index is -0.249. The van der Waals surface area contributed by atoms with Gasteiger partial charge in [0, 0.05) is 22.8 Å². The summed E-state index contributed by atoms with van der Waals surface area (Å²) in [5.74, 6) is 1.17. The monoisotopic (exact) mass is 316 g/mol. The summed E-state index contributed by atoms with van der Waals surface area (Å²) in [6.07, 6.45) is 1.72. The lowest BCUT2D eigenvalue weighted by Crippen LogP contribution is -2.13.